The Hall–Kier alpha value is -1.75. The molecular formula is C13H21N3O2. The summed E-state index contributed by atoms with van der Waals surface area (Å²) in [6, 6.07) is 5.66. The number of hydrogen-bond acceptors (Lipinski definition) is 5. The summed E-state index contributed by atoms with van der Waals surface area (Å²) in [6.45, 7) is 2.91. The van der Waals surface area contributed by atoms with Gasteiger partial charge in [-0.05, 0) is 39.2 Å². The third-order valence-electron chi connectivity index (χ3n) is 2.94. The van der Waals surface area contributed by atoms with Crippen molar-refractivity contribution in [2.75, 3.05) is 38.8 Å². The summed E-state index contributed by atoms with van der Waals surface area (Å²) in [4.78, 5) is 13.6. The second-order valence-corrected chi connectivity index (χ2v) is 4.49. The molecule has 0 amide bonds. The monoisotopic (exact) mass is 251 g/mol. The Kier molecular flexibility index (Phi) is 4.97. The number of carbonyl (C=O) groups excluding carboxylic acids is 1. The van der Waals surface area contributed by atoms with Crippen LogP contribution in [-0.4, -0.2) is 44.7 Å². The minimum absolute atomic E-state index is 0.389. The van der Waals surface area contributed by atoms with Gasteiger partial charge in [-0.1, -0.05) is 0 Å². The first-order chi connectivity index (χ1) is 8.45. The van der Waals surface area contributed by atoms with Gasteiger partial charge < -0.3 is 20.7 Å². The second kappa shape index (κ2) is 6.26. The van der Waals surface area contributed by atoms with Crippen LogP contribution in [0.1, 0.15) is 17.3 Å². The van der Waals surface area contributed by atoms with E-state index in [4.69, 9.17) is 5.73 Å². The molecule has 1 aromatic rings. The second-order valence-electron chi connectivity index (χ2n) is 4.49. The third-order valence-corrected chi connectivity index (χ3v) is 2.94. The number of ether oxygens (including phenoxy) is 1. The molecule has 5 heteroatoms. The first-order valence-corrected chi connectivity index (χ1v) is 5.83. The molecular weight excluding hydrogens is 230 g/mol. The van der Waals surface area contributed by atoms with E-state index in [0.717, 1.165) is 12.2 Å². The number of esters is 1. The van der Waals surface area contributed by atoms with E-state index in [-0.39, 0.29) is 0 Å². The fourth-order valence-corrected chi connectivity index (χ4v) is 1.40. The van der Waals surface area contributed by atoms with Crippen LogP contribution in [0.5, 0.6) is 0 Å². The highest BCUT2D eigenvalue weighted by Crippen LogP contribution is 2.18. The summed E-state index contributed by atoms with van der Waals surface area (Å²) in [5.74, 6) is -0.420. The number of carbonyl (C=O) groups is 1. The molecule has 1 rings (SSSR count). The number of methoxy groups -OCH3 is 1. The highest BCUT2D eigenvalue weighted by Gasteiger charge is 2.11. The molecule has 0 fully saturated rings. The lowest BCUT2D eigenvalue weighted by Crippen LogP contribution is -2.31. The van der Waals surface area contributed by atoms with Crippen molar-refractivity contribution in [3.8, 4) is 0 Å². The fraction of sp³-hybridized carbons (Fsp3) is 0.462. The van der Waals surface area contributed by atoms with Crippen LogP contribution in [0.25, 0.3) is 0 Å². The number of nitrogens with two attached hydrogens (primary N) is 1. The van der Waals surface area contributed by atoms with E-state index in [9.17, 15) is 4.79 Å². The molecule has 100 valence electrons. The SMILES string of the molecule is COC(=O)c1cc(NCC(C)N(C)C)ccc1N. The lowest BCUT2D eigenvalue weighted by molar-refractivity contribution is 0.0602. The van der Waals surface area contributed by atoms with Gasteiger partial charge >= 0.3 is 5.97 Å². The summed E-state index contributed by atoms with van der Waals surface area (Å²) >= 11 is 0. The Morgan fingerprint density at radius 1 is 1.50 bits per heavy atom. The van der Waals surface area contributed by atoms with Gasteiger partial charge in [-0.3, -0.25) is 0 Å². The number of likely N-dealkylation sites (N-methyl/N-ethyl adjacent to an activating group) is 1. The van der Waals surface area contributed by atoms with Gasteiger partial charge in [-0.2, -0.15) is 0 Å². The lowest BCUT2D eigenvalue weighted by Gasteiger charge is -2.20. The molecule has 1 atom stereocenters. The summed E-state index contributed by atoms with van der Waals surface area (Å²) < 4.78 is 4.68. The van der Waals surface area contributed by atoms with Gasteiger partial charge in [0, 0.05) is 24.0 Å². The van der Waals surface area contributed by atoms with Gasteiger partial charge in [0.15, 0.2) is 0 Å². The van der Waals surface area contributed by atoms with Gasteiger partial charge in [0.25, 0.3) is 0 Å². The van der Waals surface area contributed by atoms with E-state index < -0.39 is 5.97 Å². The molecule has 0 radical (unpaired) electrons. The molecule has 18 heavy (non-hydrogen) atoms. The normalized spacial score (nSPS) is 12.3. The maximum Gasteiger partial charge on any atom is 0.340 e. The maximum absolute atomic E-state index is 11.5. The molecule has 1 unspecified atom stereocenters. The molecule has 0 heterocycles. The number of nitrogens with zero attached hydrogens (tertiary/aromatic N) is 1. The van der Waals surface area contributed by atoms with Crippen LogP contribution < -0.4 is 11.1 Å². The average Bonchev–Trinajstić information content (AvgIpc) is 2.36. The molecule has 0 spiro atoms. The van der Waals surface area contributed by atoms with Crippen LogP contribution in [0, 0.1) is 0 Å². The van der Waals surface area contributed by atoms with Crippen LogP contribution in [0.2, 0.25) is 0 Å². The van der Waals surface area contributed by atoms with Gasteiger partial charge in [0.1, 0.15) is 0 Å². The molecule has 0 aliphatic heterocycles. The van der Waals surface area contributed by atoms with E-state index in [1.807, 2.05) is 20.2 Å². The van der Waals surface area contributed by atoms with E-state index in [1.165, 1.54) is 7.11 Å². The van der Waals surface area contributed by atoms with Crippen LogP contribution in [0.3, 0.4) is 0 Å². The summed E-state index contributed by atoms with van der Waals surface area (Å²) in [5, 5.41) is 3.27. The van der Waals surface area contributed by atoms with Gasteiger partial charge in [-0.25, -0.2) is 4.79 Å². The predicted octanol–water partition coefficient (Wildman–Crippen LogP) is 1.42. The van der Waals surface area contributed by atoms with Crippen molar-refractivity contribution in [1.29, 1.82) is 0 Å². The van der Waals surface area contributed by atoms with Gasteiger partial charge in [-0.15, -0.1) is 0 Å². The molecule has 0 aliphatic carbocycles. The largest absolute Gasteiger partial charge is 0.465 e. The summed E-state index contributed by atoms with van der Waals surface area (Å²) in [7, 11) is 5.39. The summed E-state index contributed by atoms with van der Waals surface area (Å²) in [6.07, 6.45) is 0. The Bertz CT molecular complexity index is 419. The topological polar surface area (TPSA) is 67.6 Å². The van der Waals surface area contributed by atoms with Crippen LogP contribution in [0.15, 0.2) is 18.2 Å². The highest BCUT2D eigenvalue weighted by molar-refractivity contribution is 5.96. The van der Waals surface area contributed by atoms with Crippen LogP contribution >= 0.6 is 0 Å². The Labute approximate surface area is 108 Å². The van der Waals surface area contributed by atoms with Crippen molar-refractivity contribution in [3.05, 3.63) is 23.8 Å². The molecule has 5 nitrogen and oxygen atoms in total. The number of hydrogen-bond donors (Lipinski definition) is 2. The predicted molar refractivity (Wildman–Crippen MR) is 73.8 cm³/mol. The minimum Gasteiger partial charge on any atom is -0.465 e. The van der Waals surface area contributed by atoms with Crippen molar-refractivity contribution < 1.29 is 9.53 Å². The molecule has 0 saturated heterocycles. The van der Waals surface area contributed by atoms with Gasteiger partial charge in [0.2, 0.25) is 0 Å². The number of anilines is 2. The lowest BCUT2D eigenvalue weighted by atomic mass is 10.1. The van der Waals surface area contributed by atoms with Crippen molar-refractivity contribution >= 4 is 17.3 Å². The number of rotatable bonds is 5. The van der Waals surface area contributed by atoms with Crippen molar-refractivity contribution in [2.45, 2.75) is 13.0 Å². The van der Waals surface area contributed by atoms with Crippen molar-refractivity contribution in [1.82, 2.24) is 4.90 Å². The van der Waals surface area contributed by atoms with Crippen molar-refractivity contribution in [2.24, 2.45) is 0 Å². The molecule has 0 saturated carbocycles. The van der Waals surface area contributed by atoms with E-state index in [2.05, 4.69) is 21.9 Å². The highest BCUT2D eigenvalue weighted by atomic mass is 16.5. The van der Waals surface area contributed by atoms with E-state index in [0.29, 0.717) is 17.3 Å². The quantitative estimate of drug-likeness (QED) is 0.612. The number of benzene rings is 1. The Morgan fingerprint density at radius 2 is 2.17 bits per heavy atom. The van der Waals surface area contributed by atoms with E-state index >= 15 is 0 Å². The summed E-state index contributed by atoms with van der Waals surface area (Å²) in [5.41, 5.74) is 7.41. The standard InChI is InChI=1S/C13H21N3O2/c1-9(16(2)3)8-15-10-5-6-12(14)11(7-10)13(17)18-4/h5-7,9,15H,8,14H2,1-4H3. The van der Waals surface area contributed by atoms with Crippen LogP contribution in [-0.2, 0) is 4.74 Å². The zero-order chi connectivity index (χ0) is 13.7. The Balaban J connectivity index is 2.76. The molecule has 1 aromatic carbocycles. The third kappa shape index (κ3) is 3.63. The van der Waals surface area contributed by atoms with Gasteiger partial charge in [0.05, 0.1) is 12.7 Å². The molecule has 0 aromatic heterocycles. The number of nitrogen functional groups attached to an aromatic ring is 1. The molecule has 3 N–H and O–H groups in total. The molecule has 0 bridgehead atoms. The minimum atomic E-state index is -0.420. The van der Waals surface area contributed by atoms with Crippen molar-refractivity contribution in [3.63, 3.8) is 0 Å². The zero-order valence-electron chi connectivity index (χ0n) is 11.4. The smallest absolute Gasteiger partial charge is 0.340 e. The van der Waals surface area contributed by atoms with E-state index in [1.54, 1.807) is 12.1 Å². The zero-order valence-corrected chi connectivity index (χ0v) is 11.4. The van der Waals surface area contributed by atoms with Crippen LogP contribution in [0.4, 0.5) is 11.4 Å². The first kappa shape index (κ1) is 14.3. The average molecular weight is 251 g/mol. The first-order valence-electron chi connectivity index (χ1n) is 5.83. The molecule has 0 aliphatic rings. The number of nitrogens with one attached hydrogen (secondary N) is 1. The fourth-order valence-electron chi connectivity index (χ4n) is 1.40. The Morgan fingerprint density at radius 3 is 2.72 bits per heavy atom. The maximum atomic E-state index is 11.5.